The number of rotatable bonds is 4. The summed E-state index contributed by atoms with van der Waals surface area (Å²) in [6, 6.07) is 10.9. The zero-order valence-corrected chi connectivity index (χ0v) is 9.13. The monoisotopic (exact) mass is 232 g/mol. The summed E-state index contributed by atoms with van der Waals surface area (Å²) in [5.41, 5.74) is 0.157. The molecule has 0 amide bonds. The van der Waals surface area contributed by atoms with Gasteiger partial charge in [0, 0.05) is 12.3 Å². The Labute approximate surface area is 97.3 Å². The summed E-state index contributed by atoms with van der Waals surface area (Å²) in [4.78, 5) is 24.3. The molecule has 0 bridgehead atoms. The van der Waals surface area contributed by atoms with Crippen LogP contribution >= 0.6 is 0 Å². The van der Waals surface area contributed by atoms with Gasteiger partial charge in [-0.3, -0.25) is 14.3 Å². The molecule has 17 heavy (non-hydrogen) atoms. The number of nitrogens with one attached hydrogen (secondary N) is 1. The third-order valence-corrected chi connectivity index (χ3v) is 2.24. The van der Waals surface area contributed by atoms with E-state index >= 15 is 0 Å². The summed E-state index contributed by atoms with van der Waals surface area (Å²) in [7, 11) is 0. The van der Waals surface area contributed by atoms with Crippen molar-refractivity contribution in [3.63, 3.8) is 0 Å². The third-order valence-electron chi connectivity index (χ3n) is 2.24. The summed E-state index contributed by atoms with van der Waals surface area (Å²) in [5.74, 6) is 0. The van der Waals surface area contributed by atoms with Crippen LogP contribution in [0.1, 0.15) is 5.56 Å². The van der Waals surface area contributed by atoms with Crippen molar-refractivity contribution in [2.75, 3.05) is 0 Å². The van der Waals surface area contributed by atoms with Crippen molar-refractivity contribution in [1.82, 2.24) is 9.55 Å². The van der Waals surface area contributed by atoms with Gasteiger partial charge in [0.2, 0.25) is 0 Å². The minimum atomic E-state index is -0.467. The van der Waals surface area contributed by atoms with Gasteiger partial charge in [-0.2, -0.15) is 0 Å². The number of hydrogen-bond acceptors (Lipinski definition) is 3. The van der Waals surface area contributed by atoms with Crippen LogP contribution in [0.25, 0.3) is 0 Å². The number of aromatic nitrogens is 2. The lowest BCUT2D eigenvalue weighted by Gasteiger charge is -2.06. The van der Waals surface area contributed by atoms with Crippen molar-refractivity contribution in [1.29, 1.82) is 0 Å². The van der Waals surface area contributed by atoms with Gasteiger partial charge in [0.05, 0.1) is 6.61 Å². The number of benzene rings is 1. The van der Waals surface area contributed by atoms with E-state index in [2.05, 4.69) is 4.98 Å². The molecule has 0 unspecified atom stereocenters. The summed E-state index contributed by atoms with van der Waals surface area (Å²) in [5, 5.41) is 0. The first-order chi connectivity index (χ1) is 8.25. The predicted octanol–water partition coefficient (Wildman–Crippen LogP) is 0.711. The van der Waals surface area contributed by atoms with Crippen molar-refractivity contribution in [3.05, 3.63) is 69.0 Å². The second kappa shape index (κ2) is 5.27. The van der Waals surface area contributed by atoms with Crippen LogP contribution < -0.4 is 11.2 Å². The molecule has 2 rings (SSSR count). The minimum Gasteiger partial charge on any atom is -0.356 e. The molecule has 0 fully saturated rings. The highest BCUT2D eigenvalue weighted by Crippen LogP contribution is 2.00. The molecule has 1 N–H and O–H groups in total. The van der Waals surface area contributed by atoms with Crippen LogP contribution in [0.5, 0.6) is 0 Å². The van der Waals surface area contributed by atoms with Gasteiger partial charge in [-0.05, 0) is 5.56 Å². The normalized spacial score (nSPS) is 10.4. The quantitative estimate of drug-likeness (QED) is 0.844. The van der Waals surface area contributed by atoms with Crippen LogP contribution in [0.4, 0.5) is 0 Å². The molecule has 0 aliphatic heterocycles. The fourth-order valence-corrected chi connectivity index (χ4v) is 1.38. The van der Waals surface area contributed by atoms with Gasteiger partial charge in [0.15, 0.2) is 0 Å². The van der Waals surface area contributed by atoms with E-state index in [4.69, 9.17) is 4.74 Å². The highest BCUT2D eigenvalue weighted by atomic mass is 16.5. The Balaban J connectivity index is 1.95. The van der Waals surface area contributed by atoms with Gasteiger partial charge in [0.1, 0.15) is 6.73 Å². The highest BCUT2D eigenvalue weighted by molar-refractivity contribution is 5.13. The first-order valence-electron chi connectivity index (χ1n) is 5.17. The number of nitrogens with zero attached hydrogens (tertiary/aromatic N) is 1. The Morgan fingerprint density at radius 2 is 1.88 bits per heavy atom. The van der Waals surface area contributed by atoms with Crippen molar-refractivity contribution >= 4 is 0 Å². The van der Waals surface area contributed by atoms with Crippen LogP contribution in [-0.2, 0) is 18.1 Å². The molecule has 0 aliphatic carbocycles. The number of ether oxygens (including phenoxy) is 1. The second-order valence-electron chi connectivity index (χ2n) is 3.54. The first kappa shape index (κ1) is 11.3. The van der Waals surface area contributed by atoms with Crippen LogP contribution in [0.2, 0.25) is 0 Å². The van der Waals surface area contributed by atoms with E-state index < -0.39 is 11.2 Å². The van der Waals surface area contributed by atoms with Crippen molar-refractivity contribution < 1.29 is 4.74 Å². The van der Waals surface area contributed by atoms with Crippen LogP contribution in [-0.4, -0.2) is 9.55 Å². The van der Waals surface area contributed by atoms with Crippen LogP contribution in [0, 0.1) is 0 Å². The molecule has 0 spiro atoms. The number of aromatic amines is 1. The van der Waals surface area contributed by atoms with E-state index in [9.17, 15) is 9.59 Å². The maximum Gasteiger partial charge on any atom is 0.330 e. The zero-order chi connectivity index (χ0) is 12.1. The number of H-pyrrole nitrogens is 1. The molecule has 1 heterocycles. The molecule has 0 atom stereocenters. The van der Waals surface area contributed by atoms with E-state index in [1.165, 1.54) is 16.8 Å². The van der Waals surface area contributed by atoms with E-state index in [1.54, 1.807) is 0 Å². The molecule has 2 aromatic rings. The Kier molecular flexibility index (Phi) is 3.52. The van der Waals surface area contributed by atoms with Gasteiger partial charge in [-0.25, -0.2) is 4.79 Å². The molecular weight excluding hydrogens is 220 g/mol. The molecule has 5 heteroatoms. The standard InChI is InChI=1S/C12H12N2O3/c15-11-6-7-14(12(16)13-11)9-17-8-10-4-2-1-3-5-10/h1-7H,8-9H2,(H,13,15,16). The smallest absolute Gasteiger partial charge is 0.330 e. The Hall–Kier alpha value is -2.14. The number of hydrogen-bond donors (Lipinski definition) is 1. The topological polar surface area (TPSA) is 64.1 Å². The Morgan fingerprint density at radius 1 is 1.12 bits per heavy atom. The Morgan fingerprint density at radius 3 is 2.59 bits per heavy atom. The lowest BCUT2D eigenvalue weighted by atomic mass is 10.2. The fraction of sp³-hybridized carbons (Fsp3) is 0.167. The van der Waals surface area contributed by atoms with E-state index in [0.29, 0.717) is 6.61 Å². The highest BCUT2D eigenvalue weighted by Gasteiger charge is 1.96. The Bertz CT molecular complexity index is 586. The van der Waals surface area contributed by atoms with Gasteiger partial charge in [-0.1, -0.05) is 30.3 Å². The molecule has 0 saturated carbocycles. The van der Waals surface area contributed by atoms with E-state index in [-0.39, 0.29) is 6.73 Å². The molecule has 88 valence electrons. The molecule has 1 aromatic carbocycles. The third kappa shape index (κ3) is 3.15. The maximum atomic E-state index is 11.3. The van der Waals surface area contributed by atoms with Crippen molar-refractivity contribution in [2.45, 2.75) is 13.3 Å². The van der Waals surface area contributed by atoms with Crippen LogP contribution in [0.15, 0.2) is 52.2 Å². The summed E-state index contributed by atoms with van der Waals surface area (Å²) in [6.07, 6.45) is 1.41. The average molecular weight is 232 g/mol. The molecular formula is C12H12N2O3. The lowest BCUT2D eigenvalue weighted by Crippen LogP contribution is -2.29. The average Bonchev–Trinajstić information content (AvgIpc) is 2.33. The van der Waals surface area contributed by atoms with Crippen molar-refractivity contribution in [2.24, 2.45) is 0 Å². The van der Waals surface area contributed by atoms with E-state index in [0.717, 1.165) is 5.56 Å². The largest absolute Gasteiger partial charge is 0.356 e. The molecule has 0 saturated heterocycles. The summed E-state index contributed by atoms with van der Waals surface area (Å²) in [6.45, 7) is 0.539. The fourth-order valence-electron chi connectivity index (χ4n) is 1.38. The van der Waals surface area contributed by atoms with Gasteiger partial charge >= 0.3 is 5.69 Å². The van der Waals surface area contributed by atoms with Gasteiger partial charge in [-0.15, -0.1) is 0 Å². The summed E-state index contributed by atoms with van der Waals surface area (Å²) < 4.78 is 6.66. The SMILES string of the molecule is O=c1ccn(COCc2ccccc2)c(=O)[nH]1. The molecule has 0 aliphatic rings. The first-order valence-corrected chi connectivity index (χ1v) is 5.17. The molecule has 0 radical (unpaired) electrons. The predicted molar refractivity (Wildman–Crippen MR) is 62.6 cm³/mol. The van der Waals surface area contributed by atoms with Gasteiger partial charge in [0.25, 0.3) is 5.56 Å². The summed E-state index contributed by atoms with van der Waals surface area (Å²) >= 11 is 0. The maximum absolute atomic E-state index is 11.3. The van der Waals surface area contributed by atoms with Gasteiger partial charge < -0.3 is 4.74 Å². The van der Waals surface area contributed by atoms with Crippen molar-refractivity contribution in [3.8, 4) is 0 Å². The van der Waals surface area contributed by atoms with Crippen LogP contribution in [0.3, 0.4) is 0 Å². The van der Waals surface area contributed by atoms with E-state index in [1.807, 2.05) is 30.3 Å². The minimum absolute atomic E-state index is 0.116. The second-order valence-corrected chi connectivity index (χ2v) is 3.54. The lowest BCUT2D eigenvalue weighted by molar-refractivity contribution is 0.0608. The molecule has 5 nitrogen and oxygen atoms in total. The zero-order valence-electron chi connectivity index (χ0n) is 9.13. The molecule has 1 aromatic heterocycles.